The minimum Gasteiger partial charge on any atom is -0.497 e. The van der Waals surface area contributed by atoms with Crippen LogP contribution in [0.15, 0.2) is 23.4 Å². The average molecular weight is 195 g/mol. The van der Waals surface area contributed by atoms with Gasteiger partial charge in [0.15, 0.2) is 5.69 Å². The first-order valence-corrected chi connectivity index (χ1v) is 4.35. The van der Waals surface area contributed by atoms with Crippen LogP contribution in [-0.2, 0) is 0 Å². The molecule has 0 aliphatic heterocycles. The summed E-state index contributed by atoms with van der Waals surface area (Å²) in [7, 11) is 1.53. The highest BCUT2D eigenvalue weighted by molar-refractivity contribution is 5.55. The molecule has 0 heterocycles. The van der Waals surface area contributed by atoms with Gasteiger partial charge in [-0.05, 0) is 31.2 Å². The van der Waals surface area contributed by atoms with Crippen LogP contribution in [-0.4, -0.2) is 13.2 Å². The van der Waals surface area contributed by atoms with E-state index in [0.717, 1.165) is 0 Å². The van der Waals surface area contributed by atoms with E-state index in [1.54, 1.807) is 18.2 Å². The maximum Gasteiger partial charge on any atom is 0.153 e. The molecule has 14 heavy (non-hydrogen) atoms. The molecule has 0 spiro atoms. The highest BCUT2D eigenvalue weighted by Gasteiger charge is 2.07. The third-order valence-corrected chi connectivity index (χ3v) is 1.63. The van der Waals surface area contributed by atoms with Crippen molar-refractivity contribution >= 4 is 5.69 Å². The summed E-state index contributed by atoms with van der Waals surface area (Å²) < 4.78 is 10.3. The predicted molar refractivity (Wildman–Crippen MR) is 54.2 cm³/mol. The number of methoxy groups -OCH3 is 1. The second kappa shape index (κ2) is 4.60. The van der Waals surface area contributed by atoms with E-state index in [4.69, 9.17) is 9.47 Å². The number of benzene rings is 1. The fraction of sp³-hybridized carbons (Fsp3) is 0.400. The van der Waals surface area contributed by atoms with E-state index in [0.29, 0.717) is 11.5 Å². The molecule has 0 amide bonds. The standard InChI is InChI=1S/C10H13NO3/c1-7(2)14-10-5-4-8(13-3)6-9(10)11-12/h4-7H,1-3H3. The molecule has 0 atom stereocenters. The molecule has 4 heteroatoms. The Bertz CT molecular complexity index is 323. The molecule has 0 aromatic heterocycles. The van der Waals surface area contributed by atoms with Crippen molar-refractivity contribution in [3.05, 3.63) is 23.1 Å². The molecule has 1 rings (SSSR count). The van der Waals surface area contributed by atoms with E-state index < -0.39 is 0 Å². The maximum atomic E-state index is 10.5. The molecule has 0 radical (unpaired) electrons. The summed E-state index contributed by atoms with van der Waals surface area (Å²) >= 11 is 0. The Balaban J connectivity index is 2.99. The van der Waals surface area contributed by atoms with Crippen molar-refractivity contribution in [2.45, 2.75) is 20.0 Å². The summed E-state index contributed by atoms with van der Waals surface area (Å²) in [6.45, 7) is 3.78. The highest BCUT2D eigenvalue weighted by Crippen LogP contribution is 2.31. The molecule has 76 valence electrons. The Kier molecular flexibility index (Phi) is 3.45. The third-order valence-electron chi connectivity index (χ3n) is 1.63. The second-order valence-corrected chi connectivity index (χ2v) is 3.09. The molecule has 1 aromatic carbocycles. The number of hydrogen-bond donors (Lipinski definition) is 0. The topological polar surface area (TPSA) is 47.9 Å². The second-order valence-electron chi connectivity index (χ2n) is 3.09. The monoisotopic (exact) mass is 195 g/mol. The Labute approximate surface area is 82.8 Å². The van der Waals surface area contributed by atoms with E-state index in [9.17, 15) is 4.91 Å². The van der Waals surface area contributed by atoms with Crippen LogP contribution in [0.25, 0.3) is 0 Å². The van der Waals surface area contributed by atoms with Crippen LogP contribution >= 0.6 is 0 Å². The first-order chi connectivity index (χ1) is 6.67. The van der Waals surface area contributed by atoms with Gasteiger partial charge >= 0.3 is 0 Å². The van der Waals surface area contributed by atoms with Gasteiger partial charge in [-0.1, -0.05) is 0 Å². The molecule has 0 bridgehead atoms. The molecule has 0 fully saturated rings. The lowest BCUT2D eigenvalue weighted by Crippen LogP contribution is -2.05. The predicted octanol–water partition coefficient (Wildman–Crippen LogP) is 2.88. The lowest BCUT2D eigenvalue weighted by atomic mass is 10.3. The minimum absolute atomic E-state index is 0.0175. The van der Waals surface area contributed by atoms with Crippen molar-refractivity contribution in [2.75, 3.05) is 7.11 Å². The summed E-state index contributed by atoms with van der Waals surface area (Å²) in [5.41, 5.74) is 0.262. The lowest BCUT2D eigenvalue weighted by molar-refractivity contribution is 0.243. The Hall–Kier alpha value is -1.58. The molecule has 0 N–H and O–H groups in total. The van der Waals surface area contributed by atoms with Crippen molar-refractivity contribution in [1.82, 2.24) is 0 Å². The van der Waals surface area contributed by atoms with Crippen molar-refractivity contribution < 1.29 is 9.47 Å². The van der Waals surface area contributed by atoms with Crippen LogP contribution in [0.4, 0.5) is 5.69 Å². The largest absolute Gasteiger partial charge is 0.497 e. The van der Waals surface area contributed by atoms with E-state index in [-0.39, 0.29) is 11.8 Å². The van der Waals surface area contributed by atoms with Gasteiger partial charge in [-0.3, -0.25) is 0 Å². The van der Waals surface area contributed by atoms with Gasteiger partial charge in [0.05, 0.1) is 13.2 Å². The van der Waals surface area contributed by atoms with Gasteiger partial charge in [0, 0.05) is 6.07 Å². The molecule has 0 saturated heterocycles. The molecule has 0 aliphatic rings. The van der Waals surface area contributed by atoms with Crippen molar-refractivity contribution in [3.8, 4) is 11.5 Å². The molecule has 4 nitrogen and oxygen atoms in total. The lowest BCUT2D eigenvalue weighted by Gasteiger charge is -2.11. The number of ether oxygens (including phenoxy) is 2. The zero-order valence-corrected chi connectivity index (χ0v) is 8.48. The smallest absolute Gasteiger partial charge is 0.153 e. The summed E-state index contributed by atoms with van der Waals surface area (Å²) in [5.74, 6) is 1.08. The van der Waals surface area contributed by atoms with E-state index in [1.807, 2.05) is 13.8 Å². The van der Waals surface area contributed by atoms with Crippen LogP contribution in [0.3, 0.4) is 0 Å². The molecule has 0 saturated carbocycles. The normalized spacial score (nSPS) is 10.0. The van der Waals surface area contributed by atoms with Crippen LogP contribution in [0, 0.1) is 4.91 Å². The SMILES string of the molecule is COc1ccc(OC(C)C)c(N=O)c1. The summed E-state index contributed by atoms with van der Waals surface area (Å²) in [6.07, 6.45) is 0.0175. The molecular formula is C10H13NO3. The zero-order chi connectivity index (χ0) is 10.6. The quantitative estimate of drug-likeness (QED) is 0.694. The molecule has 0 aliphatic carbocycles. The summed E-state index contributed by atoms with van der Waals surface area (Å²) in [6, 6.07) is 4.95. The number of nitroso groups, excluding NO2 is 1. The maximum absolute atomic E-state index is 10.5. The van der Waals surface area contributed by atoms with Crippen LogP contribution in [0.2, 0.25) is 0 Å². The number of hydrogen-bond acceptors (Lipinski definition) is 4. The number of nitrogens with zero attached hydrogens (tertiary/aromatic N) is 1. The van der Waals surface area contributed by atoms with Gasteiger partial charge in [0.1, 0.15) is 11.5 Å². The molecule has 1 aromatic rings. The van der Waals surface area contributed by atoms with E-state index in [1.165, 1.54) is 7.11 Å². The first kappa shape index (κ1) is 10.5. The minimum atomic E-state index is 0.0175. The fourth-order valence-electron chi connectivity index (χ4n) is 1.05. The Morgan fingerprint density at radius 1 is 1.36 bits per heavy atom. The summed E-state index contributed by atoms with van der Waals surface area (Å²) in [5, 5.41) is 2.88. The van der Waals surface area contributed by atoms with Crippen molar-refractivity contribution in [2.24, 2.45) is 5.18 Å². The molecular weight excluding hydrogens is 182 g/mol. The third kappa shape index (κ3) is 2.45. The van der Waals surface area contributed by atoms with Gasteiger partial charge < -0.3 is 9.47 Å². The zero-order valence-electron chi connectivity index (χ0n) is 8.48. The van der Waals surface area contributed by atoms with Gasteiger partial charge in [-0.2, -0.15) is 0 Å². The van der Waals surface area contributed by atoms with Crippen LogP contribution < -0.4 is 9.47 Å². The van der Waals surface area contributed by atoms with Gasteiger partial charge in [0.2, 0.25) is 0 Å². The van der Waals surface area contributed by atoms with Crippen LogP contribution in [0.5, 0.6) is 11.5 Å². The molecule has 0 unspecified atom stereocenters. The van der Waals surface area contributed by atoms with Gasteiger partial charge in [-0.25, -0.2) is 0 Å². The van der Waals surface area contributed by atoms with Gasteiger partial charge in [0.25, 0.3) is 0 Å². The number of rotatable bonds is 4. The van der Waals surface area contributed by atoms with Crippen molar-refractivity contribution in [1.29, 1.82) is 0 Å². The fourth-order valence-corrected chi connectivity index (χ4v) is 1.05. The van der Waals surface area contributed by atoms with E-state index in [2.05, 4.69) is 5.18 Å². The first-order valence-electron chi connectivity index (χ1n) is 4.35. The summed E-state index contributed by atoms with van der Waals surface area (Å²) in [4.78, 5) is 10.5. The average Bonchev–Trinajstić information content (AvgIpc) is 2.17. The van der Waals surface area contributed by atoms with Crippen LogP contribution in [0.1, 0.15) is 13.8 Å². The highest BCUT2D eigenvalue weighted by atomic mass is 16.5. The van der Waals surface area contributed by atoms with Crippen molar-refractivity contribution in [3.63, 3.8) is 0 Å². The van der Waals surface area contributed by atoms with E-state index >= 15 is 0 Å². The Morgan fingerprint density at radius 3 is 2.57 bits per heavy atom. The Morgan fingerprint density at radius 2 is 2.07 bits per heavy atom. The van der Waals surface area contributed by atoms with Gasteiger partial charge in [-0.15, -0.1) is 4.91 Å².